The number of aromatic hydroxyl groups is 1. The Bertz CT molecular complexity index is 1950. The van der Waals surface area contributed by atoms with E-state index in [4.69, 9.17) is 5.73 Å². The lowest BCUT2D eigenvalue weighted by Gasteiger charge is -2.15. The molecule has 0 aliphatic carbocycles. The van der Waals surface area contributed by atoms with Gasteiger partial charge >= 0.3 is 0 Å². The summed E-state index contributed by atoms with van der Waals surface area (Å²) in [6.45, 7) is 2.54. The molecule has 9 nitrogen and oxygen atoms in total. The standard InChI is InChI=1S/C33H33N7O2/c1-39-17-22(36-19-39)18-40-16-21(10-11-34)24-8-6-20(12-30(24)40)14-35-15-29-31(26-4-2-3-5-28(26)37-29)32-27-13-23(41)7-9-25(27)33(42)38-32/h2-9,12-13,16-17,19,32,35,37,41H,10-11,14-15,18,34H2,1H3,(H,38,42). The molecule has 9 heteroatoms. The second-order valence-electron chi connectivity index (χ2n) is 11.0. The largest absolute Gasteiger partial charge is 0.508 e. The van der Waals surface area contributed by atoms with Gasteiger partial charge in [0.1, 0.15) is 5.75 Å². The van der Waals surface area contributed by atoms with Crippen molar-refractivity contribution in [2.24, 2.45) is 12.8 Å². The first-order chi connectivity index (χ1) is 20.5. The number of fused-ring (bicyclic) bond motifs is 3. The van der Waals surface area contributed by atoms with Crippen LogP contribution in [0.2, 0.25) is 0 Å². The summed E-state index contributed by atoms with van der Waals surface area (Å²) >= 11 is 0. The van der Waals surface area contributed by atoms with Crippen LogP contribution in [0.15, 0.2) is 79.4 Å². The van der Waals surface area contributed by atoms with Gasteiger partial charge in [0.05, 0.1) is 24.6 Å². The maximum atomic E-state index is 12.8. The Morgan fingerprint density at radius 2 is 1.93 bits per heavy atom. The van der Waals surface area contributed by atoms with E-state index in [-0.39, 0.29) is 17.7 Å². The van der Waals surface area contributed by atoms with Crippen LogP contribution in [0.4, 0.5) is 0 Å². The molecule has 0 saturated heterocycles. The summed E-state index contributed by atoms with van der Waals surface area (Å²) in [4.78, 5) is 20.9. The molecule has 6 aromatic rings. The second-order valence-corrected chi connectivity index (χ2v) is 11.0. The highest BCUT2D eigenvalue weighted by Gasteiger charge is 2.33. The maximum absolute atomic E-state index is 12.8. The van der Waals surface area contributed by atoms with Crippen molar-refractivity contribution in [3.05, 3.63) is 119 Å². The number of aromatic amines is 1. The van der Waals surface area contributed by atoms with Crippen molar-refractivity contribution < 1.29 is 9.90 Å². The van der Waals surface area contributed by atoms with Gasteiger partial charge in [-0.05, 0) is 60.0 Å². The summed E-state index contributed by atoms with van der Waals surface area (Å²) in [5, 5.41) is 19.2. The highest BCUT2D eigenvalue weighted by atomic mass is 16.3. The molecule has 1 unspecified atom stereocenters. The van der Waals surface area contributed by atoms with E-state index in [0.29, 0.717) is 31.7 Å². The molecule has 42 heavy (non-hydrogen) atoms. The number of carbonyl (C=O) groups excluding carboxylic acids is 1. The molecule has 3 aromatic heterocycles. The Balaban J connectivity index is 1.17. The zero-order valence-electron chi connectivity index (χ0n) is 23.4. The number of aryl methyl sites for hydroxylation is 1. The van der Waals surface area contributed by atoms with Crippen LogP contribution in [-0.2, 0) is 33.1 Å². The lowest BCUT2D eigenvalue weighted by Crippen LogP contribution is -2.22. The monoisotopic (exact) mass is 559 g/mol. The first kappa shape index (κ1) is 26.1. The normalized spacial score (nSPS) is 14.6. The van der Waals surface area contributed by atoms with Crippen molar-refractivity contribution in [2.75, 3.05) is 6.54 Å². The molecule has 6 N–H and O–H groups in total. The minimum absolute atomic E-state index is 0.129. The van der Waals surface area contributed by atoms with Crippen LogP contribution in [-0.4, -0.2) is 36.7 Å². The summed E-state index contributed by atoms with van der Waals surface area (Å²) in [5.41, 5.74) is 14.9. The molecular formula is C33H33N7O2. The molecule has 0 bridgehead atoms. The first-order valence-corrected chi connectivity index (χ1v) is 14.2. The van der Waals surface area contributed by atoms with Crippen LogP contribution >= 0.6 is 0 Å². The summed E-state index contributed by atoms with van der Waals surface area (Å²) < 4.78 is 4.23. The van der Waals surface area contributed by atoms with Crippen molar-refractivity contribution in [1.82, 2.24) is 29.7 Å². The number of hydrogen-bond acceptors (Lipinski definition) is 5. The molecule has 7 rings (SSSR count). The van der Waals surface area contributed by atoms with Gasteiger partial charge in [-0.2, -0.15) is 0 Å². The summed E-state index contributed by atoms with van der Waals surface area (Å²) in [6.07, 6.45) is 6.90. The number of amides is 1. The molecule has 1 aliphatic heterocycles. The summed E-state index contributed by atoms with van der Waals surface area (Å²) in [7, 11) is 1.98. The first-order valence-electron chi connectivity index (χ1n) is 14.2. The average Bonchev–Trinajstić information content (AvgIpc) is 3.73. The van der Waals surface area contributed by atoms with Crippen molar-refractivity contribution in [2.45, 2.75) is 32.1 Å². The van der Waals surface area contributed by atoms with Gasteiger partial charge in [0.15, 0.2) is 0 Å². The molecule has 0 radical (unpaired) electrons. The number of phenolic OH excluding ortho intramolecular Hbond substituents is 1. The molecule has 0 fully saturated rings. The van der Waals surface area contributed by atoms with Crippen LogP contribution in [0.5, 0.6) is 5.75 Å². The maximum Gasteiger partial charge on any atom is 0.252 e. The van der Waals surface area contributed by atoms with Gasteiger partial charge in [0, 0.05) is 71.2 Å². The summed E-state index contributed by atoms with van der Waals surface area (Å²) in [6, 6.07) is 19.3. The van der Waals surface area contributed by atoms with E-state index in [1.165, 1.54) is 22.0 Å². The van der Waals surface area contributed by atoms with E-state index in [0.717, 1.165) is 39.8 Å². The van der Waals surface area contributed by atoms with Crippen LogP contribution in [0.3, 0.4) is 0 Å². The highest BCUT2D eigenvalue weighted by Crippen LogP contribution is 2.38. The lowest BCUT2D eigenvalue weighted by molar-refractivity contribution is 0.0960. The van der Waals surface area contributed by atoms with Crippen LogP contribution in [0, 0.1) is 0 Å². The zero-order valence-corrected chi connectivity index (χ0v) is 23.4. The second kappa shape index (κ2) is 10.5. The van der Waals surface area contributed by atoms with Crippen molar-refractivity contribution >= 4 is 27.7 Å². The van der Waals surface area contributed by atoms with Crippen LogP contribution in [0.25, 0.3) is 21.8 Å². The minimum atomic E-state index is -0.347. The van der Waals surface area contributed by atoms with E-state index in [9.17, 15) is 9.90 Å². The molecule has 212 valence electrons. The third-order valence-corrected chi connectivity index (χ3v) is 8.15. The van der Waals surface area contributed by atoms with E-state index in [1.54, 1.807) is 18.2 Å². The van der Waals surface area contributed by atoms with E-state index in [1.807, 2.05) is 42.3 Å². The van der Waals surface area contributed by atoms with Crippen molar-refractivity contribution in [3.63, 3.8) is 0 Å². The SMILES string of the molecule is Cn1cnc(Cn2cc(CCN)c3ccc(CNCc4[nH]c5ccccc5c4C4NC(=O)c5ccc(O)cc54)cc32)c1. The molecule has 1 atom stereocenters. The van der Waals surface area contributed by atoms with Crippen molar-refractivity contribution in [1.29, 1.82) is 0 Å². The van der Waals surface area contributed by atoms with Gasteiger partial charge in [-0.3, -0.25) is 4.79 Å². The Labute approximate surface area is 243 Å². The number of H-pyrrole nitrogens is 1. The third kappa shape index (κ3) is 4.62. The number of hydrogen-bond donors (Lipinski definition) is 5. The molecule has 3 aromatic carbocycles. The number of imidazole rings is 1. The predicted molar refractivity (Wildman–Crippen MR) is 163 cm³/mol. The number of carbonyl (C=O) groups is 1. The molecule has 1 aliphatic rings. The lowest BCUT2D eigenvalue weighted by atomic mass is 9.95. The Morgan fingerprint density at radius 3 is 2.76 bits per heavy atom. The quantitative estimate of drug-likeness (QED) is 0.181. The fraction of sp³-hybridized carbons (Fsp3) is 0.212. The van der Waals surface area contributed by atoms with E-state index >= 15 is 0 Å². The fourth-order valence-electron chi connectivity index (χ4n) is 6.26. The number of nitrogens with two attached hydrogens (primary N) is 1. The Morgan fingerprint density at radius 1 is 1.05 bits per heavy atom. The third-order valence-electron chi connectivity index (χ3n) is 8.15. The smallest absolute Gasteiger partial charge is 0.252 e. The van der Waals surface area contributed by atoms with Crippen molar-refractivity contribution in [3.8, 4) is 5.75 Å². The minimum Gasteiger partial charge on any atom is -0.508 e. The predicted octanol–water partition coefficient (Wildman–Crippen LogP) is 4.23. The number of aromatic nitrogens is 4. The highest BCUT2D eigenvalue weighted by molar-refractivity contribution is 6.01. The number of benzene rings is 3. The van der Waals surface area contributed by atoms with E-state index < -0.39 is 0 Å². The van der Waals surface area contributed by atoms with Crippen LogP contribution in [0.1, 0.15) is 50.0 Å². The van der Waals surface area contributed by atoms with Crippen LogP contribution < -0.4 is 16.4 Å². The Hall–Kier alpha value is -4.86. The van der Waals surface area contributed by atoms with Gasteiger partial charge < -0.3 is 35.6 Å². The summed E-state index contributed by atoms with van der Waals surface area (Å²) in [5.74, 6) is 0.0165. The average molecular weight is 560 g/mol. The van der Waals surface area contributed by atoms with Gasteiger partial charge in [-0.15, -0.1) is 0 Å². The van der Waals surface area contributed by atoms with Gasteiger partial charge in [-0.1, -0.05) is 30.3 Å². The molecule has 0 saturated carbocycles. The number of phenols is 1. The number of nitrogens with one attached hydrogen (secondary N) is 3. The fourth-order valence-corrected chi connectivity index (χ4v) is 6.26. The number of rotatable bonds is 9. The van der Waals surface area contributed by atoms with Gasteiger partial charge in [0.25, 0.3) is 5.91 Å². The molecule has 4 heterocycles. The van der Waals surface area contributed by atoms with E-state index in [2.05, 4.69) is 55.6 Å². The molecule has 1 amide bonds. The van der Waals surface area contributed by atoms with Gasteiger partial charge in [0.2, 0.25) is 0 Å². The topological polar surface area (TPSA) is 126 Å². The zero-order chi connectivity index (χ0) is 28.8. The number of nitrogens with zero attached hydrogens (tertiary/aromatic N) is 3. The Kier molecular flexibility index (Phi) is 6.53. The molecule has 0 spiro atoms. The van der Waals surface area contributed by atoms with Gasteiger partial charge in [-0.25, -0.2) is 4.98 Å². The molecular weight excluding hydrogens is 526 g/mol. The number of para-hydroxylation sites is 1.